The van der Waals surface area contributed by atoms with E-state index >= 15 is 0 Å². The zero-order chi connectivity index (χ0) is 11.6. The van der Waals surface area contributed by atoms with E-state index in [1.54, 1.807) is 7.11 Å². The average molecular weight is 286 g/mol. The van der Waals surface area contributed by atoms with E-state index in [1.807, 2.05) is 0 Å². The minimum Gasteiger partial charge on any atom is -0.385 e. The fraction of sp³-hybridized carbons (Fsp3) is 0.538. The van der Waals surface area contributed by atoms with Gasteiger partial charge in [0.2, 0.25) is 0 Å². The molecule has 0 aliphatic heterocycles. The molecule has 0 aliphatic rings. The summed E-state index contributed by atoms with van der Waals surface area (Å²) >= 11 is 3.50. The molecule has 0 saturated carbocycles. The summed E-state index contributed by atoms with van der Waals surface area (Å²) in [6.07, 6.45) is 1.09. The maximum atomic E-state index is 5.08. The summed E-state index contributed by atoms with van der Waals surface area (Å²) in [6, 6.07) is 10.6. The minimum atomic E-state index is 0.841. The zero-order valence-corrected chi connectivity index (χ0v) is 11.4. The van der Waals surface area contributed by atoms with Crippen LogP contribution in [0.4, 0.5) is 0 Å². The Bertz CT molecular complexity index is 266. The predicted octanol–water partition coefficient (Wildman–Crippen LogP) is 2.92. The van der Waals surface area contributed by atoms with Crippen LogP contribution in [0.25, 0.3) is 0 Å². The van der Waals surface area contributed by atoms with Gasteiger partial charge in [0.15, 0.2) is 0 Å². The number of alkyl halides is 1. The van der Waals surface area contributed by atoms with Gasteiger partial charge in [-0.25, -0.2) is 0 Å². The van der Waals surface area contributed by atoms with E-state index in [4.69, 9.17) is 4.74 Å². The first-order valence-electron chi connectivity index (χ1n) is 5.68. The quantitative estimate of drug-likeness (QED) is 0.538. The molecule has 0 amide bonds. The van der Waals surface area contributed by atoms with E-state index in [0.717, 1.165) is 38.0 Å². The Balaban J connectivity index is 2.38. The van der Waals surface area contributed by atoms with Gasteiger partial charge in [-0.2, -0.15) is 0 Å². The molecule has 0 atom stereocenters. The molecule has 0 saturated heterocycles. The van der Waals surface area contributed by atoms with Gasteiger partial charge in [-0.3, -0.25) is 4.90 Å². The van der Waals surface area contributed by atoms with Gasteiger partial charge in [0.1, 0.15) is 0 Å². The maximum Gasteiger partial charge on any atom is 0.0474 e. The van der Waals surface area contributed by atoms with Crippen molar-refractivity contribution < 1.29 is 4.74 Å². The second kappa shape index (κ2) is 8.74. The zero-order valence-electron chi connectivity index (χ0n) is 9.86. The van der Waals surface area contributed by atoms with Crippen LogP contribution in [0.15, 0.2) is 30.3 Å². The van der Waals surface area contributed by atoms with Crippen molar-refractivity contribution in [3.8, 4) is 0 Å². The normalized spacial score (nSPS) is 10.9. The van der Waals surface area contributed by atoms with Crippen LogP contribution in [-0.4, -0.2) is 37.0 Å². The first-order valence-corrected chi connectivity index (χ1v) is 6.80. The van der Waals surface area contributed by atoms with Crippen LogP contribution in [0.2, 0.25) is 0 Å². The molecule has 0 spiro atoms. The first kappa shape index (κ1) is 13.7. The minimum absolute atomic E-state index is 0.841. The van der Waals surface area contributed by atoms with Gasteiger partial charge in [0.05, 0.1) is 0 Å². The number of hydrogen-bond donors (Lipinski definition) is 0. The van der Waals surface area contributed by atoms with E-state index in [2.05, 4.69) is 51.2 Å². The lowest BCUT2D eigenvalue weighted by atomic mass is 10.2. The van der Waals surface area contributed by atoms with Crippen LogP contribution in [0.3, 0.4) is 0 Å². The molecule has 1 rings (SSSR count). The van der Waals surface area contributed by atoms with Gasteiger partial charge in [-0.15, -0.1) is 0 Å². The lowest BCUT2D eigenvalue weighted by molar-refractivity contribution is 0.172. The topological polar surface area (TPSA) is 12.5 Å². The summed E-state index contributed by atoms with van der Waals surface area (Å²) in [5, 5.41) is 1.02. The van der Waals surface area contributed by atoms with Gasteiger partial charge < -0.3 is 4.74 Å². The number of nitrogens with zero attached hydrogens (tertiary/aromatic N) is 1. The molecule has 1 aromatic rings. The molecule has 0 N–H and O–H groups in total. The van der Waals surface area contributed by atoms with Gasteiger partial charge in [-0.1, -0.05) is 46.3 Å². The Kier molecular flexibility index (Phi) is 7.47. The summed E-state index contributed by atoms with van der Waals surface area (Å²) in [5.74, 6) is 0. The first-order chi connectivity index (χ1) is 7.86. The lowest BCUT2D eigenvalue weighted by Gasteiger charge is -2.21. The molecule has 3 heteroatoms. The van der Waals surface area contributed by atoms with E-state index < -0.39 is 0 Å². The van der Waals surface area contributed by atoms with Crippen molar-refractivity contribution >= 4 is 15.9 Å². The third-order valence-corrected chi connectivity index (χ3v) is 2.83. The summed E-state index contributed by atoms with van der Waals surface area (Å²) in [4.78, 5) is 2.45. The molecule has 2 nitrogen and oxygen atoms in total. The summed E-state index contributed by atoms with van der Waals surface area (Å²) in [7, 11) is 1.76. The van der Waals surface area contributed by atoms with E-state index in [9.17, 15) is 0 Å². The highest BCUT2D eigenvalue weighted by molar-refractivity contribution is 9.09. The predicted molar refractivity (Wildman–Crippen MR) is 72.0 cm³/mol. The SMILES string of the molecule is COCCCN(CCBr)Cc1ccccc1. The van der Waals surface area contributed by atoms with Crippen molar-refractivity contribution in [2.24, 2.45) is 0 Å². The molecule has 0 heterocycles. The fourth-order valence-electron chi connectivity index (χ4n) is 1.66. The number of ether oxygens (including phenoxy) is 1. The molecule has 1 aromatic carbocycles. The standard InChI is InChI=1S/C13H20BrNO/c1-16-11-5-9-15(10-8-14)12-13-6-3-2-4-7-13/h2-4,6-7H,5,8-12H2,1H3. The van der Waals surface area contributed by atoms with Crippen molar-refractivity contribution in [1.29, 1.82) is 0 Å². The Morgan fingerprint density at radius 2 is 1.94 bits per heavy atom. The number of hydrogen-bond acceptors (Lipinski definition) is 2. The highest BCUT2D eigenvalue weighted by Gasteiger charge is 2.04. The van der Waals surface area contributed by atoms with Crippen LogP contribution in [-0.2, 0) is 11.3 Å². The summed E-state index contributed by atoms with van der Waals surface area (Å²) in [5.41, 5.74) is 1.38. The highest BCUT2D eigenvalue weighted by atomic mass is 79.9. The third-order valence-electron chi connectivity index (χ3n) is 2.47. The van der Waals surface area contributed by atoms with Crippen molar-refractivity contribution in [3.05, 3.63) is 35.9 Å². The molecule has 0 aliphatic carbocycles. The van der Waals surface area contributed by atoms with Gasteiger partial charge in [0, 0.05) is 38.7 Å². The molecule has 0 unspecified atom stereocenters. The number of benzene rings is 1. The Labute approximate surface area is 107 Å². The van der Waals surface area contributed by atoms with Crippen molar-refractivity contribution in [1.82, 2.24) is 4.90 Å². The lowest BCUT2D eigenvalue weighted by Crippen LogP contribution is -2.27. The van der Waals surface area contributed by atoms with Crippen LogP contribution in [0, 0.1) is 0 Å². The molecular formula is C13H20BrNO. The Hall–Kier alpha value is -0.380. The molecular weight excluding hydrogens is 266 g/mol. The third kappa shape index (κ3) is 5.64. The van der Waals surface area contributed by atoms with E-state index in [1.165, 1.54) is 5.56 Å². The van der Waals surface area contributed by atoms with Crippen molar-refractivity contribution in [2.75, 3.05) is 32.1 Å². The largest absolute Gasteiger partial charge is 0.385 e. The summed E-state index contributed by atoms with van der Waals surface area (Å²) in [6.45, 7) is 4.04. The second-order valence-electron chi connectivity index (χ2n) is 3.80. The Morgan fingerprint density at radius 1 is 1.19 bits per heavy atom. The maximum absolute atomic E-state index is 5.08. The number of halogens is 1. The molecule has 0 aromatic heterocycles. The van der Waals surface area contributed by atoms with E-state index in [-0.39, 0.29) is 0 Å². The fourth-order valence-corrected chi connectivity index (χ4v) is 2.17. The number of methoxy groups -OCH3 is 1. The van der Waals surface area contributed by atoms with Crippen molar-refractivity contribution in [3.63, 3.8) is 0 Å². The monoisotopic (exact) mass is 285 g/mol. The molecule has 0 bridgehead atoms. The van der Waals surface area contributed by atoms with Gasteiger partial charge in [0.25, 0.3) is 0 Å². The molecule has 90 valence electrons. The van der Waals surface area contributed by atoms with Crippen LogP contribution in [0.1, 0.15) is 12.0 Å². The summed E-state index contributed by atoms with van der Waals surface area (Å²) < 4.78 is 5.08. The van der Waals surface area contributed by atoms with Gasteiger partial charge >= 0.3 is 0 Å². The second-order valence-corrected chi connectivity index (χ2v) is 4.59. The van der Waals surface area contributed by atoms with Crippen LogP contribution in [0.5, 0.6) is 0 Å². The van der Waals surface area contributed by atoms with E-state index in [0.29, 0.717) is 0 Å². The highest BCUT2D eigenvalue weighted by Crippen LogP contribution is 2.05. The smallest absolute Gasteiger partial charge is 0.0474 e. The van der Waals surface area contributed by atoms with Crippen molar-refractivity contribution in [2.45, 2.75) is 13.0 Å². The average Bonchev–Trinajstić information content (AvgIpc) is 2.31. The Morgan fingerprint density at radius 3 is 2.56 bits per heavy atom. The molecule has 16 heavy (non-hydrogen) atoms. The number of rotatable bonds is 8. The van der Waals surface area contributed by atoms with Gasteiger partial charge in [-0.05, 0) is 12.0 Å². The molecule has 0 radical (unpaired) electrons. The molecule has 0 fully saturated rings. The van der Waals surface area contributed by atoms with Crippen LogP contribution < -0.4 is 0 Å². The van der Waals surface area contributed by atoms with Crippen LogP contribution >= 0.6 is 15.9 Å².